The monoisotopic (exact) mass is 463 g/mol. The van der Waals surface area contributed by atoms with Gasteiger partial charge < -0.3 is 14.8 Å². The van der Waals surface area contributed by atoms with E-state index in [4.69, 9.17) is 16.3 Å². The van der Waals surface area contributed by atoms with Gasteiger partial charge in [0.1, 0.15) is 0 Å². The molecule has 1 heterocycles. The smallest absolute Gasteiger partial charge is 0.387 e. The minimum Gasteiger partial charge on any atom is -0.493 e. The quantitative estimate of drug-likeness (QED) is 0.472. The van der Waals surface area contributed by atoms with E-state index in [1.54, 1.807) is 35.1 Å². The van der Waals surface area contributed by atoms with Crippen molar-refractivity contribution in [2.24, 2.45) is 0 Å². The first kappa shape index (κ1) is 23.5. The molecule has 0 fully saturated rings. The molecule has 0 aliphatic carbocycles. The number of alkyl halides is 2. The van der Waals surface area contributed by atoms with Crippen molar-refractivity contribution in [2.45, 2.75) is 32.8 Å². The maximum absolute atomic E-state index is 12.8. The van der Waals surface area contributed by atoms with Gasteiger partial charge in [-0.15, -0.1) is 0 Å². The Labute approximate surface area is 190 Å². The van der Waals surface area contributed by atoms with Gasteiger partial charge in [-0.3, -0.25) is 4.79 Å². The lowest BCUT2D eigenvalue weighted by molar-refractivity contribution is -0.0512. The van der Waals surface area contributed by atoms with E-state index in [0.29, 0.717) is 23.6 Å². The van der Waals surface area contributed by atoms with Crippen molar-refractivity contribution < 1.29 is 23.0 Å². The molecule has 32 heavy (non-hydrogen) atoms. The lowest BCUT2D eigenvalue weighted by atomic mass is 10.0. The minimum absolute atomic E-state index is 0.0438. The van der Waals surface area contributed by atoms with Gasteiger partial charge in [0, 0.05) is 11.6 Å². The van der Waals surface area contributed by atoms with E-state index in [1.807, 2.05) is 26.0 Å². The Hall–Kier alpha value is -3.13. The number of ether oxygens (including phenoxy) is 2. The van der Waals surface area contributed by atoms with Crippen LogP contribution >= 0.6 is 11.6 Å². The number of amides is 1. The summed E-state index contributed by atoms with van der Waals surface area (Å²) in [4.78, 5) is 12.8. The summed E-state index contributed by atoms with van der Waals surface area (Å²) in [6.07, 6.45) is 1.97. The molecule has 1 N–H and O–H groups in total. The van der Waals surface area contributed by atoms with Gasteiger partial charge in [-0.05, 0) is 54.3 Å². The van der Waals surface area contributed by atoms with Gasteiger partial charge in [0.2, 0.25) is 0 Å². The lowest BCUT2D eigenvalue weighted by Gasteiger charge is -2.14. The van der Waals surface area contributed by atoms with E-state index >= 15 is 0 Å². The molecule has 0 aliphatic rings. The van der Waals surface area contributed by atoms with Gasteiger partial charge in [0.05, 0.1) is 30.3 Å². The Morgan fingerprint density at radius 1 is 1.16 bits per heavy atom. The van der Waals surface area contributed by atoms with Gasteiger partial charge in [-0.2, -0.15) is 13.9 Å². The van der Waals surface area contributed by atoms with Crippen LogP contribution in [0.5, 0.6) is 11.5 Å². The summed E-state index contributed by atoms with van der Waals surface area (Å²) in [6.45, 7) is 1.33. The normalized spacial score (nSPS) is 11.1. The molecule has 0 spiro atoms. The van der Waals surface area contributed by atoms with E-state index < -0.39 is 6.61 Å². The molecule has 3 rings (SSSR count). The molecule has 0 saturated carbocycles. The second-order valence-electron chi connectivity index (χ2n) is 7.36. The van der Waals surface area contributed by atoms with Crippen molar-refractivity contribution in [2.75, 3.05) is 13.7 Å². The van der Waals surface area contributed by atoms with Gasteiger partial charge in [-0.25, -0.2) is 4.68 Å². The Morgan fingerprint density at radius 3 is 2.50 bits per heavy atom. The fraction of sp³-hybridized carbons (Fsp3) is 0.304. The molecule has 3 aromatic rings. The molecular formula is C23H24ClF2N3O3. The number of hydrogen-bond donors (Lipinski definition) is 1. The van der Waals surface area contributed by atoms with Crippen LogP contribution in [0.4, 0.5) is 8.78 Å². The molecule has 1 amide bonds. The predicted molar refractivity (Wildman–Crippen MR) is 118 cm³/mol. The van der Waals surface area contributed by atoms with Crippen LogP contribution in [0.15, 0.2) is 48.7 Å². The largest absolute Gasteiger partial charge is 0.493 e. The zero-order chi connectivity index (χ0) is 23.3. The standard InChI is InChI=1S/C23H24ClF2N3O3/c1-14(2)21-18(13-28-29(21)17-7-5-16(24)6-8-17)22(30)27-11-10-15-4-9-19(31-3)20(12-15)32-23(25)26/h4-9,12-14,23H,10-11H2,1-3H3,(H,27,30). The number of rotatable bonds is 9. The highest BCUT2D eigenvalue weighted by molar-refractivity contribution is 6.30. The van der Waals surface area contributed by atoms with Crippen LogP contribution in [-0.2, 0) is 6.42 Å². The van der Waals surface area contributed by atoms with Crippen molar-refractivity contribution in [3.05, 3.63) is 70.5 Å². The van der Waals surface area contributed by atoms with Crippen LogP contribution in [0.3, 0.4) is 0 Å². The molecular weight excluding hydrogens is 440 g/mol. The van der Waals surface area contributed by atoms with Crippen LogP contribution in [0.25, 0.3) is 5.69 Å². The molecule has 1 aromatic heterocycles. The second-order valence-corrected chi connectivity index (χ2v) is 7.79. The first-order chi connectivity index (χ1) is 15.3. The molecule has 0 bridgehead atoms. The number of carbonyl (C=O) groups is 1. The van der Waals surface area contributed by atoms with Crippen molar-refractivity contribution in [3.8, 4) is 17.2 Å². The van der Waals surface area contributed by atoms with Crippen molar-refractivity contribution in [3.63, 3.8) is 0 Å². The number of hydrogen-bond acceptors (Lipinski definition) is 4. The second kappa shape index (κ2) is 10.5. The first-order valence-electron chi connectivity index (χ1n) is 10.0. The summed E-state index contributed by atoms with van der Waals surface area (Å²) in [5.41, 5.74) is 2.79. The Morgan fingerprint density at radius 2 is 1.88 bits per heavy atom. The van der Waals surface area contributed by atoms with E-state index in [9.17, 15) is 13.6 Å². The zero-order valence-corrected chi connectivity index (χ0v) is 18.7. The number of nitrogens with one attached hydrogen (secondary N) is 1. The molecule has 0 saturated heterocycles. The van der Waals surface area contributed by atoms with Gasteiger partial charge >= 0.3 is 6.61 Å². The number of aromatic nitrogens is 2. The van der Waals surface area contributed by atoms with E-state index in [0.717, 1.165) is 16.9 Å². The number of benzene rings is 2. The third kappa shape index (κ3) is 5.56. The lowest BCUT2D eigenvalue weighted by Crippen LogP contribution is -2.26. The molecule has 2 aromatic carbocycles. The highest BCUT2D eigenvalue weighted by Gasteiger charge is 2.21. The zero-order valence-electron chi connectivity index (χ0n) is 17.9. The van der Waals surface area contributed by atoms with Crippen LogP contribution in [0, 0.1) is 0 Å². The summed E-state index contributed by atoms with van der Waals surface area (Å²) >= 11 is 5.97. The summed E-state index contributed by atoms with van der Waals surface area (Å²) in [5.74, 6) is -0.0389. The average molecular weight is 464 g/mol. The summed E-state index contributed by atoms with van der Waals surface area (Å²) in [7, 11) is 1.38. The average Bonchev–Trinajstić information content (AvgIpc) is 3.19. The number of methoxy groups -OCH3 is 1. The fourth-order valence-electron chi connectivity index (χ4n) is 3.36. The SMILES string of the molecule is COc1ccc(CCNC(=O)c2cnn(-c3ccc(Cl)cc3)c2C(C)C)cc1OC(F)F. The van der Waals surface area contributed by atoms with E-state index in [1.165, 1.54) is 13.2 Å². The third-order valence-corrected chi connectivity index (χ3v) is 5.06. The first-order valence-corrected chi connectivity index (χ1v) is 10.4. The number of halogens is 3. The molecule has 0 radical (unpaired) electrons. The van der Waals surface area contributed by atoms with Crippen molar-refractivity contribution >= 4 is 17.5 Å². The molecule has 0 unspecified atom stereocenters. The van der Waals surface area contributed by atoms with Crippen LogP contribution in [0.2, 0.25) is 5.02 Å². The Kier molecular flexibility index (Phi) is 7.69. The Balaban J connectivity index is 1.71. The predicted octanol–water partition coefficient (Wildman–Crippen LogP) is 5.23. The van der Waals surface area contributed by atoms with Crippen LogP contribution < -0.4 is 14.8 Å². The molecule has 0 atom stereocenters. The summed E-state index contributed by atoms with van der Waals surface area (Å²) in [6, 6.07) is 12.0. The van der Waals surface area contributed by atoms with Crippen LogP contribution in [-0.4, -0.2) is 36.0 Å². The van der Waals surface area contributed by atoms with Crippen molar-refractivity contribution in [1.29, 1.82) is 0 Å². The summed E-state index contributed by atoms with van der Waals surface area (Å²) < 4.78 is 36.5. The number of carbonyl (C=O) groups excluding carboxylic acids is 1. The molecule has 0 aliphatic heterocycles. The third-order valence-electron chi connectivity index (χ3n) is 4.81. The highest BCUT2D eigenvalue weighted by atomic mass is 35.5. The van der Waals surface area contributed by atoms with Gasteiger partial charge in [0.15, 0.2) is 11.5 Å². The molecule has 170 valence electrons. The van der Waals surface area contributed by atoms with Gasteiger partial charge in [-0.1, -0.05) is 31.5 Å². The summed E-state index contributed by atoms with van der Waals surface area (Å²) in [5, 5.41) is 7.88. The van der Waals surface area contributed by atoms with Crippen LogP contribution in [0.1, 0.15) is 41.4 Å². The maximum atomic E-state index is 12.8. The number of nitrogens with zero attached hydrogens (tertiary/aromatic N) is 2. The van der Waals surface area contributed by atoms with Crippen molar-refractivity contribution in [1.82, 2.24) is 15.1 Å². The van der Waals surface area contributed by atoms with E-state index in [2.05, 4.69) is 15.2 Å². The van der Waals surface area contributed by atoms with E-state index in [-0.39, 0.29) is 23.3 Å². The maximum Gasteiger partial charge on any atom is 0.387 e. The fourth-order valence-corrected chi connectivity index (χ4v) is 3.48. The topological polar surface area (TPSA) is 65.4 Å². The molecule has 6 nitrogen and oxygen atoms in total. The minimum atomic E-state index is -2.95. The van der Waals surface area contributed by atoms with Gasteiger partial charge in [0.25, 0.3) is 5.91 Å². The molecule has 9 heteroatoms. The highest BCUT2D eigenvalue weighted by Crippen LogP contribution is 2.29. The Bertz CT molecular complexity index is 1070.